The Morgan fingerprint density at radius 3 is 2.26 bits per heavy atom. The van der Waals surface area contributed by atoms with Gasteiger partial charge in [0.15, 0.2) is 15.7 Å². The first-order valence-electron chi connectivity index (χ1n) is 12.2. The minimum atomic E-state index is -3.53. The van der Waals surface area contributed by atoms with Crippen molar-refractivity contribution in [2.75, 3.05) is 54.1 Å². The lowest BCUT2D eigenvalue weighted by Gasteiger charge is -2.28. The topological polar surface area (TPSA) is 143 Å². The van der Waals surface area contributed by atoms with Gasteiger partial charge in [0, 0.05) is 49.6 Å². The quantitative estimate of drug-likeness (QED) is 0.377. The molecular weight excluding hydrogens is 508 g/mol. The second-order valence-corrected chi connectivity index (χ2v) is 10.9. The molecule has 0 saturated carbocycles. The Balaban J connectivity index is 1.52. The molecule has 0 radical (unpaired) electrons. The van der Waals surface area contributed by atoms with E-state index in [0.29, 0.717) is 60.6 Å². The number of para-hydroxylation sites is 1. The Labute approximate surface area is 221 Å². The zero-order valence-corrected chi connectivity index (χ0v) is 21.8. The summed E-state index contributed by atoms with van der Waals surface area (Å²) in [5.74, 6) is 0.244. The van der Waals surface area contributed by atoms with Crippen LogP contribution in [-0.4, -0.2) is 68.9 Å². The average molecular weight is 539 g/mol. The summed E-state index contributed by atoms with van der Waals surface area (Å²) in [4.78, 5) is 34.7. The van der Waals surface area contributed by atoms with E-state index in [0.717, 1.165) is 0 Å². The van der Waals surface area contributed by atoms with Crippen LogP contribution in [-0.2, 0) is 25.1 Å². The summed E-state index contributed by atoms with van der Waals surface area (Å²) in [5.41, 5.74) is 2.29. The molecule has 0 aliphatic carbocycles. The van der Waals surface area contributed by atoms with Gasteiger partial charge in [-0.3, -0.25) is 4.79 Å². The molecule has 1 saturated heterocycles. The normalized spacial score (nSPS) is 13.6. The number of rotatable bonds is 9. The second-order valence-electron chi connectivity index (χ2n) is 8.74. The van der Waals surface area contributed by atoms with Crippen molar-refractivity contribution in [3.8, 4) is 11.4 Å². The fourth-order valence-electron chi connectivity index (χ4n) is 3.84. The Bertz CT molecular complexity index is 1360. The van der Waals surface area contributed by atoms with Gasteiger partial charge < -0.3 is 25.6 Å². The molecule has 3 aromatic rings. The first-order valence-corrected chi connectivity index (χ1v) is 14.0. The van der Waals surface area contributed by atoms with Gasteiger partial charge in [0.25, 0.3) is 0 Å². The summed E-state index contributed by atoms with van der Waals surface area (Å²) in [7, 11) is -3.53. The molecule has 0 spiro atoms. The number of carbonyl (C=O) groups is 2. The number of anilines is 3. The summed E-state index contributed by atoms with van der Waals surface area (Å²) in [6, 6.07) is 17.4. The minimum absolute atomic E-state index is 0.0399. The van der Waals surface area contributed by atoms with Crippen LogP contribution in [0.1, 0.15) is 12.6 Å². The van der Waals surface area contributed by atoms with Crippen LogP contribution in [0.15, 0.2) is 60.7 Å². The molecule has 3 N–H and O–H groups in total. The van der Waals surface area contributed by atoms with Gasteiger partial charge in [-0.2, -0.15) is 0 Å². The van der Waals surface area contributed by atoms with Gasteiger partial charge in [0.1, 0.15) is 5.82 Å². The minimum Gasteiger partial charge on any atom is -0.378 e. The zero-order valence-electron chi connectivity index (χ0n) is 21.0. The molecule has 0 atom stereocenters. The van der Waals surface area contributed by atoms with Crippen molar-refractivity contribution in [2.24, 2.45) is 0 Å². The summed E-state index contributed by atoms with van der Waals surface area (Å²) in [6.45, 7) is 3.74. The molecule has 0 bridgehead atoms. The van der Waals surface area contributed by atoms with Gasteiger partial charge in [-0.15, -0.1) is 0 Å². The number of hydrogen-bond acceptors (Lipinski definition) is 8. The van der Waals surface area contributed by atoms with Crippen LogP contribution >= 0.6 is 0 Å². The highest BCUT2D eigenvalue weighted by atomic mass is 32.2. The first-order chi connectivity index (χ1) is 18.3. The maximum absolute atomic E-state index is 12.7. The zero-order chi connectivity index (χ0) is 27.0. The molecule has 1 fully saturated rings. The fraction of sp³-hybridized carbons (Fsp3) is 0.308. The predicted molar refractivity (Wildman–Crippen MR) is 146 cm³/mol. The molecule has 1 aromatic heterocycles. The number of carbonyl (C=O) groups excluding carboxylic acids is 2. The van der Waals surface area contributed by atoms with E-state index in [4.69, 9.17) is 9.72 Å². The summed E-state index contributed by atoms with van der Waals surface area (Å²) in [6.07, 6.45) is 0. The Hall–Kier alpha value is -4.03. The lowest BCUT2D eigenvalue weighted by Crippen LogP contribution is -2.37. The number of ether oxygens (including phenoxy) is 1. The van der Waals surface area contributed by atoms with Crippen LogP contribution in [0.25, 0.3) is 11.4 Å². The standard InChI is InChI=1S/C26H30N6O5S/c1-19(33)27-11-16-38(35,36)18-23-17-24(32-12-14-37-15-13-32)31-25(28-23)20-7-9-22(10-8-20)30-26(34)29-21-5-3-2-4-6-21/h2-10,17H,11-16,18H2,1H3,(H,27,33)(H2,29,30,34). The molecule has 4 rings (SSSR count). The maximum atomic E-state index is 12.7. The SMILES string of the molecule is CC(=O)NCCS(=O)(=O)Cc1cc(N2CCOCC2)nc(-c2ccc(NC(=O)Nc3ccccc3)cc2)n1. The Morgan fingerprint density at radius 2 is 1.61 bits per heavy atom. The van der Waals surface area contributed by atoms with Crippen molar-refractivity contribution in [1.29, 1.82) is 0 Å². The molecule has 1 aliphatic heterocycles. The number of sulfone groups is 1. The smallest absolute Gasteiger partial charge is 0.323 e. The summed E-state index contributed by atoms with van der Waals surface area (Å²) in [5, 5.41) is 8.05. The summed E-state index contributed by atoms with van der Waals surface area (Å²) >= 11 is 0. The number of amides is 3. The second kappa shape index (κ2) is 12.5. The number of aromatic nitrogens is 2. The number of nitrogens with zero attached hydrogens (tertiary/aromatic N) is 3. The van der Waals surface area contributed by atoms with E-state index in [9.17, 15) is 18.0 Å². The molecule has 2 heterocycles. The largest absolute Gasteiger partial charge is 0.378 e. The third-order valence-electron chi connectivity index (χ3n) is 5.69. The predicted octanol–water partition coefficient (Wildman–Crippen LogP) is 2.68. The van der Waals surface area contributed by atoms with Crippen LogP contribution in [0.2, 0.25) is 0 Å². The van der Waals surface area contributed by atoms with E-state index >= 15 is 0 Å². The molecule has 1 aliphatic rings. The molecule has 3 amide bonds. The van der Waals surface area contributed by atoms with Gasteiger partial charge in [0.2, 0.25) is 5.91 Å². The van der Waals surface area contributed by atoms with Crippen molar-refractivity contribution in [3.05, 3.63) is 66.4 Å². The van der Waals surface area contributed by atoms with Crippen LogP contribution in [0.5, 0.6) is 0 Å². The fourth-order valence-corrected chi connectivity index (χ4v) is 4.99. The van der Waals surface area contributed by atoms with Crippen molar-refractivity contribution in [3.63, 3.8) is 0 Å². The Kier molecular flexibility index (Phi) is 8.87. The van der Waals surface area contributed by atoms with Crippen LogP contribution in [0, 0.1) is 0 Å². The molecule has 2 aromatic carbocycles. The molecule has 11 nitrogen and oxygen atoms in total. The van der Waals surface area contributed by atoms with Gasteiger partial charge in [-0.25, -0.2) is 23.2 Å². The average Bonchev–Trinajstić information content (AvgIpc) is 2.89. The third-order valence-corrected chi connectivity index (χ3v) is 7.25. The van der Waals surface area contributed by atoms with E-state index in [1.807, 2.05) is 23.1 Å². The number of urea groups is 1. The molecule has 38 heavy (non-hydrogen) atoms. The number of benzene rings is 2. The lowest BCUT2D eigenvalue weighted by molar-refractivity contribution is -0.118. The number of morpholine rings is 1. The monoisotopic (exact) mass is 538 g/mol. The van der Waals surface area contributed by atoms with Crippen LogP contribution in [0.4, 0.5) is 22.0 Å². The Morgan fingerprint density at radius 1 is 0.947 bits per heavy atom. The first kappa shape index (κ1) is 27.0. The molecule has 200 valence electrons. The maximum Gasteiger partial charge on any atom is 0.323 e. The molecule has 12 heteroatoms. The van der Waals surface area contributed by atoms with Crippen molar-refractivity contribution >= 4 is 39.0 Å². The van der Waals surface area contributed by atoms with Crippen molar-refractivity contribution in [2.45, 2.75) is 12.7 Å². The highest BCUT2D eigenvalue weighted by molar-refractivity contribution is 7.90. The van der Waals surface area contributed by atoms with E-state index in [2.05, 4.69) is 20.9 Å². The van der Waals surface area contributed by atoms with E-state index in [1.54, 1.807) is 42.5 Å². The third kappa shape index (κ3) is 7.98. The van der Waals surface area contributed by atoms with Gasteiger partial charge in [0.05, 0.1) is 30.4 Å². The van der Waals surface area contributed by atoms with E-state index < -0.39 is 9.84 Å². The van der Waals surface area contributed by atoms with Gasteiger partial charge in [-0.1, -0.05) is 18.2 Å². The van der Waals surface area contributed by atoms with E-state index in [-0.39, 0.29) is 30.0 Å². The summed E-state index contributed by atoms with van der Waals surface area (Å²) < 4.78 is 30.8. The van der Waals surface area contributed by atoms with Crippen molar-refractivity contribution < 1.29 is 22.7 Å². The molecular formula is C26H30N6O5S. The van der Waals surface area contributed by atoms with Crippen LogP contribution < -0.4 is 20.9 Å². The van der Waals surface area contributed by atoms with Gasteiger partial charge >= 0.3 is 6.03 Å². The van der Waals surface area contributed by atoms with Crippen LogP contribution in [0.3, 0.4) is 0 Å². The number of hydrogen-bond donors (Lipinski definition) is 3. The van der Waals surface area contributed by atoms with E-state index in [1.165, 1.54) is 6.92 Å². The van der Waals surface area contributed by atoms with Gasteiger partial charge in [-0.05, 0) is 36.4 Å². The van der Waals surface area contributed by atoms with Crippen molar-refractivity contribution in [1.82, 2.24) is 15.3 Å². The number of nitrogens with one attached hydrogen (secondary N) is 3. The molecule has 0 unspecified atom stereocenters. The lowest BCUT2D eigenvalue weighted by atomic mass is 10.2. The highest BCUT2D eigenvalue weighted by Gasteiger charge is 2.19. The highest BCUT2D eigenvalue weighted by Crippen LogP contribution is 2.24.